The molecule has 1 aromatic heterocycles. The highest BCUT2D eigenvalue weighted by Crippen LogP contribution is 2.44. The molecule has 4 rings (SSSR count). The smallest absolute Gasteiger partial charge is 0.340 e. The van der Waals surface area contributed by atoms with Crippen LogP contribution in [-0.2, 0) is 65.6 Å². The van der Waals surface area contributed by atoms with Crippen LogP contribution < -0.4 is 11.1 Å². The Balaban J connectivity index is 0.000000351. The van der Waals surface area contributed by atoms with Crippen molar-refractivity contribution in [3.8, 4) is 11.1 Å². The van der Waals surface area contributed by atoms with Crippen LogP contribution in [0.5, 0.6) is 0 Å². The van der Waals surface area contributed by atoms with E-state index >= 15 is 0 Å². The molecule has 0 aliphatic heterocycles. The lowest BCUT2D eigenvalue weighted by molar-refractivity contribution is -0.146. The normalized spacial score (nSPS) is 13.9. The van der Waals surface area contributed by atoms with Crippen LogP contribution in [0, 0.1) is 6.92 Å². The minimum Gasteiger partial charge on any atom is -0.481 e. The van der Waals surface area contributed by atoms with E-state index in [1.165, 1.54) is 0 Å². The number of allylic oxidation sites excluding steroid dienone is 1. The molecule has 19 heteroatoms. The van der Waals surface area contributed by atoms with E-state index in [0.717, 1.165) is 11.1 Å². The Morgan fingerprint density at radius 1 is 0.859 bits per heavy atom. The summed E-state index contributed by atoms with van der Waals surface area (Å²) >= 11 is 12.9. The molecule has 0 saturated carbocycles. The van der Waals surface area contributed by atoms with Gasteiger partial charge in [-0.2, -0.15) is 0 Å². The fourth-order valence-electron chi connectivity index (χ4n) is 6.90. The molecular weight excluding hydrogens is 877 g/mol. The molecule has 17 nitrogen and oxygen atoms in total. The molecule has 3 aromatic rings. The first-order chi connectivity index (χ1) is 30.7. The molecule has 1 heterocycles. The van der Waals surface area contributed by atoms with Gasteiger partial charge in [-0.05, 0) is 63.0 Å². The standard InChI is InChI=1S/C25H30ClNO9.C20H23ClN2O5/c1-3-36-25(33)22-16(12-34-9-8-27-20(24(31)32)11-21(29)30)10-15(2)18(13-35-14-28)23(22)17-6-4-5-7-19(17)26;1-3-28-20(25)19-17(11-26-9-8-22)23-13(2)15(10-27-12-24)18(19)14-6-4-5-7-16(14)21/h4-7,14,20,23,27H,3,8-13H2,1-2H3,(H,29,30)(H,31,32);4-7,12H,3,8-11,22H2,1-2H3. The highest BCUT2D eigenvalue weighted by atomic mass is 35.5. The van der Waals surface area contributed by atoms with Crippen molar-refractivity contribution in [3.05, 3.63) is 109 Å². The van der Waals surface area contributed by atoms with Crippen molar-refractivity contribution in [2.24, 2.45) is 5.73 Å². The third kappa shape index (κ3) is 15.0. The topological polar surface area (TPSA) is 249 Å². The van der Waals surface area contributed by atoms with Gasteiger partial charge in [-0.25, -0.2) is 9.59 Å². The van der Waals surface area contributed by atoms with Crippen molar-refractivity contribution in [2.75, 3.05) is 52.7 Å². The lowest BCUT2D eigenvalue weighted by atomic mass is 9.75. The predicted octanol–water partition coefficient (Wildman–Crippen LogP) is 5.75. The summed E-state index contributed by atoms with van der Waals surface area (Å²) in [6, 6.07) is 12.9. The Hall–Kier alpha value is -5.69. The first-order valence-corrected chi connectivity index (χ1v) is 20.9. The number of carboxylic acid groups (broad SMARTS) is 2. The summed E-state index contributed by atoms with van der Waals surface area (Å²) in [5, 5.41) is 21.5. The Morgan fingerprint density at radius 3 is 2.09 bits per heavy atom. The minimum atomic E-state index is -1.27. The molecule has 346 valence electrons. The summed E-state index contributed by atoms with van der Waals surface area (Å²) in [6.07, 6.45) is -0.195. The van der Waals surface area contributed by atoms with Gasteiger partial charge in [0.1, 0.15) is 19.3 Å². The zero-order valence-corrected chi connectivity index (χ0v) is 37.5. The van der Waals surface area contributed by atoms with Crippen LogP contribution in [0.1, 0.15) is 72.4 Å². The van der Waals surface area contributed by atoms with Gasteiger partial charge in [-0.3, -0.25) is 24.2 Å². The van der Waals surface area contributed by atoms with E-state index in [9.17, 15) is 28.8 Å². The van der Waals surface area contributed by atoms with Crippen LogP contribution in [0.4, 0.5) is 0 Å². The monoisotopic (exact) mass is 929 g/mol. The molecule has 0 amide bonds. The fraction of sp³-hybridized carbons (Fsp3) is 0.400. The molecule has 1 aliphatic carbocycles. The van der Waals surface area contributed by atoms with Gasteiger partial charge in [0.15, 0.2) is 0 Å². The van der Waals surface area contributed by atoms with Crippen LogP contribution in [0.3, 0.4) is 0 Å². The second-order valence-electron chi connectivity index (χ2n) is 13.9. The number of benzene rings is 2. The van der Waals surface area contributed by atoms with Gasteiger partial charge in [0.25, 0.3) is 12.9 Å². The zero-order valence-electron chi connectivity index (χ0n) is 36.0. The Bertz CT molecular complexity index is 2180. The second-order valence-corrected chi connectivity index (χ2v) is 14.7. The number of pyridine rings is 1. The van der Waals surface area contributed by atoms with E-state index in [0.29, 0.717) is 87.4 Å². The maximum Gasteiger partial charge on any atom is 0.340 e. The largest absolute Gasteiger partial charge is 0.481 e. The Labute approximate surface area is 380 Å². The number of halogens is 2. The second kappa shape index (κ2) is 27.5. The van der Waals surface area contributed by atoms with Gasteiger partial charge in [0, 0.05) is 51.4 Å². The SMILES string of the molecule is CCOC(=O)C1=C(COCCNC(CC(=O)O)C(=O)O)CC(C)=C(COC=O)C1c1ccccc1Cl.CCOC(=O)c1c(COCCN)nc(C)c(COC=O)c1-c1ccccc1Cl. The van der Waals surface area contributed by atoms with Crippen molar-refractivity contribution in [1.29, 1.82) is 0 Å². The molecule has 0 radical (unpaired) electrons. The van der Waals surface area contributed by atoms with Gasteiger partial charge in [0.2, 0.25) is 0 Å². The number of carbonyl (C=O) groups is 6. The molecule has 5 N–H and O–H groups in total. The van der Waals surface area contributed by atoms with E-state index in [1.54, 1.807) is 69.3 Å². The minimum absolute atomic E-state index is 0.0215. The van der Waals surface area contributed by atoms with E-state index in [4.69, 9.17) is 67.6 Å². The third-order valence-corrected chi connectivity index (χ3v) is 10.3. The van der Waals surface area contributed by atoms with Crippen molar-refractivity contribution >= 4 is 60.0 Å². The van der Waals surface area contributed by atoms with E-state index in [2.05, 4.69) is 10.3 Å². The number of nitrogens with two attached hydrogens (primary N) is 1. The molecular formula is C45H53Cl2N3O14. The first kappa shape index (κ1) is 52.7. The molecule has 64 heavy (non-hydrogen) atoms. The van der Waals surface area contributed by atoms with Gasteiger partial charge >= 0.3 is 23.9 Å². The maximum atomic E-state index is 13.1. The zero-order chi connectivity index (χ0) is 47.2. The number of aromatic nitrogens is 1. The van der Waals surface area contributed by atoms with Crippen molar-refractivity contribution in [2.45, 2.75) is 65.7 Å². The molecule has 0 saturated heterocycles. The molecule has 2 unspecified atom stereocenters. The summed E-state index contributed by atoms with van der Waals surface area (Å²) in [4.78, 5) is 74.2. The van der Waals surface area contributed by atoms with Crippen molar-refractivity contribution in [3.63, 3.8) is 0 Å². The lowest BCUT2D eigenvalue weighted by Crippen LogP contribution is -2.40. The Kier molecular flexibility index (Phi) is 22.6. The maximum absolute atomic E-state index is 13.1. The number of esters is 2. The number of aryl methyl sites for hydroxylation is 1. The van der Waals surface area contributed by atoms with E-state index < -0.39 is 42.3 Å². The summed E-state index contributed by atoms with van der Waals surface area (Å²) in [6.45, 7) is 8.97. The molecule has 1 aliphatic rings. The van der Waals surface area contributed by atoms with Crippen LogP contribution >= 0.6 is 23.2 Å². The number of nitrogens with zero attached hydrogens (tertiary/aromatic N) is 1. The van der Waals surface area contributed by atoms with Crippen LogP contribution in [0.2, 0.25) is 10.0 Å². The molecule has 0 spiro atoms. The highest BCUT2D eigenvalue weighted by Gasteiger charge is 2.36. The summed E-state index contributed by atoms with van der Waals surface area (Å²) < 4.78 is 31.9. The van der Waals surface area contributed by atoms with Gasteiger partial charge in [-0.15, -0.1) is 0 Å². The number of ether oxygens (including phenoxy) is 6. The number of carbonyl (C=O) groups excluding carboxylic acids is 4. The summed E-state index contributed by atoms with van der Waals surface area (Å²) in [5.74, 6) is -4.21. The number of rotatable bonds is 25. The number of aliphatic carboxylic acids is 2. The highest BCUT2D eigenvalue weighted by molar-refractivity contribution is 6.33. The van der Waals surface area contributed by atoms with Crippen LogP contribution in [0.25, 0.3) is 11.1 Å². The van der Waals surface area contributed by atoms with E-state index in [1.807, 2.05) is 6.92 Å². The average molecular weight is 931 g/mol. The summed E-state index contributed by atoms with van der Waals surface area (Å²) in [7, 11) is 0. The van der Waals surface area contributed by atoms with Crippen LogP contribution in [-0.4, -0.2) is 111 Å². The van der Waals surface area contributed by atoms with Gasteiger partial charge < -0.3 is 49.7 Å². The quantitative estimate of drug-likeness (QED) is 0.0260. The first-order valence-electron chi connectivity index (χ1n) is 20.2. The van der Waals surface area contributed by atoms with Gasteiger partial charge in [-0.1, -0.05) is 65.2 Å². The molecule has 0 fully saturated rings. The third-order valence-electron chi connectivity index (χ3n) is 9.65. The average Bonchev–Trinajstić information content (AvgIpc) is 3.25. The fourth-order valence-corrected chi connectivity index (χ4v) is 7.37. The number of nitrogens with one attached hydrogen (secondary N) is 1. The summed E-state index contributed by atoms with van der Waals surface area (Å²) in [5.41, 5.74) is 11.7. The van der Waals surface area contributed by atoms with Crippen LogP contribution in [0.15, 0.2) is 70.8 Å². The predicted molar refractivity (Wildman–Crippen MR) is 235 cm³/mol. The number of carboxylic acids is 2. The lowest BCUT2D eigenvalue weighted by Gasteiger charge is -2.32. The van der Waals surface area contributed by atoms with Gasteiger partial charge in [0.05, 0.1) is 62.9 Å². The molecule has 2 atom stereocenters. The van der Waals surface area contributed by atoms with Crippen molar-refractivity contribution < 1.29 is 67.4 Å². The molecule has 0 bridgehead atoms. The molecule has 2 aromatic carbocycles. The Morgan fingerprint density at radius 2 is 1.48 bits per heavy atom. The number of hydrogen-bond acceptors (Lipinski definition) is 15. The van der Waals surface area contributed by atoms with Crippen molar-refractivity contribution in [1.82, 2.24) is 10.3 Å². The van der Waals surface area contributed by atoms with E-state index in [-0.39, 0.29) is 58.4 Å². The number of hydrogen-bond donors (Lipinski definition) is 4.